The molecule has 16 heavy (non-hydrogen) atoms. The van der Waals surface area contributed by atoms with Crippen LogP contribution in [0.2, 0.25) is 0 Å². The molecule has 2 unspecified atom stereocenters. The Kier molecular flexibility index (Phi) is 4.00. The molecule has 84 valence electrons. The SMILES string of the molecule is CNC(=O)c1ccc(C(O)C(O)C#N)cc1. The van der Waals surface area contributed by atoms with Gasteiger partial charge >= 0.3 is 0 Å². The number of rotatable bonds is 3. The van der Waals surface area contributed by atoms with E-state index in [0.717, 1.165) is 0 Å². The van der Waals surface area contributed by atoms with Crippen molar-refractivity contribution in [2.24, 2.45) is 0 Å². The Balaban J connectivity index is 2.87. The van der Waals surface area contributed by atoms with Crippen molar-refractivity contribution in [3.63, 3.8) is 0 Å². The average molecular weight is 220 g/mol. The van der Waals surface area contributed by atoms with Crippen molar-refractivity contribution in [3.8, 4) is 6.07 Å². The molecule has 1 aromatic carbocycles. The fraction of sp³-hybridized carbons (Fsp3) is 0.273. The number of nitrogens with one attached hydrogen (secondary N) is 1. The van der Waals surface area contributed by atoms with Gasteiger partial charge in [-0.05, 0) is 17.7 Å². The molecular weight excluding hydrogens is 208 g/mol. The van der Waals surface area contributed by atoms with Crippen LogP contribution in [0, 0.1) is 11.3 Å². The number of amides is 1. The van der Waals surface area contributed by atoms with E-state index < -0.39 is 12.2 Å². The van der Waals surface area contributed by atoms with Crippen LogP contribution in [0.25, 0.3) is 0 Å². The molecule has 0 aromatic heterocycles. The van der Waals surface area contributed by atoms with Crippen molar-refractivity contribution in [1.82, 2.24) is 5.32 Å². The molecule has 0 fully saturated rings. The van der Waals surface area contributed by atoms with Crippen LogP contribution in [-0.4, -0.2) is 29.3 Å². The summed E-state index contributed by atoms with van der Waals surface area (Å²) < 4.78 is 0. The molecular formula is C11H12N2O3. The number of aliphatic hydroxyl groups is 2. The number of hydrogen-bond acceptors (Lipinski definition) is 4. The van der Waals surface area contributed by atoms with E-state index in [1.165, 1.54) is 37.4 Å². The maximum atomic E-state index is 11.2. The van der Waals surface area contributed by atoms with Gasteiger partial charge in [0.2, 0.25) is 0 Å². The Hall–Kier alpha value is -1.90. The van der Waals surface area contributed by atoms with Gasteiger partial charge in [0, 0.05) is 12.6 Å². The summed E-state index contributed by atoms with van der Waals surface area (Å²) in [5.41, 5.74) is 0.839. The van der Waals surface area contributed by atoms with Crippen LogP contribution in [0.5, 0.6) is 0 Å². The third-order valence-electron chi connectivity index (χ3n) is 2.17. The van der Waals surface area contributed by atoms with Crippen LogP contribution >= 0.6 is 0 Å². The van der Waals surface area contributed by atoms with Crippen LogP contribution in [-0.2, 0) is 0 Å². The van der Waals surface area contributed by atoms with Crippen molar-refractivity contribution in [2.75, 3.05) is 7.05 Å². The van der Waals surface area contributed by atoms with Crippen LogP contribution in [0.15, 0.2) is 24.3 Å². The number of nitrogens with zero attached hydrogens (tertiary/aromatic N) is 1. The van der Waals surface area contributed by atoms with E-state index in [1.807, 2.05) is 0 Å². The summed E-state index contributed by atoms with van der Waals surface area (Å²) in [5.74, 6) is -0.234. The molecule has 1 amide bonds. The lowest BCUT2D eigenvalue weighted by molar-refractivity contribution is 0.0528. The summed E-state index contributed by atoms with van der Waals surface area (Å²) in [6.07, 6.45) is -2.73. The second kappa shape index (κ2) is 5.26. The van der Waals surface area contributed by atoms with Crippen LogP contribution in [0.1, 0.15) is 22.0 Å². The van der Waals surface area contributed by atoms with E-state index in [4.69, 9.17) is 10.4 Å². The molecule has 3 N–H and O–H groups in total. The van der Waals surface area contributed by atoms with Gasteiger partial charge in [-0.1, -0.05) is 12.1 Å². The molecule has 2 atom stereocenters. The highest BCUT2D eigenvalue weighted by Crippen LogP contribution is 2.17. The van der Waals surface area contributed by atoms with Gasteiger partial charge in [0.15, 0.2) is 6.10 Å². The molecule has 0 aliphatic rings. The van der Waals surface area contributed by atoms with E-state index >= 15 is 0 Å². The maximum absolute atomic E-state index is 11.2. The van der Waals surface area contributed by atoms with Gasteiger partial charge in [0.05, 0.1) is 6.07 Å². The third-order valence-corrected chi connectivity index (χ3v) is 2.17. The fourth-order valence-electron chi connectivity index (χ4n) is 1.23. The van der Waals surface area contributed by atoms with Crippen LogP contribution in [0.3, 0.4) is 0 Å². The first-order valence-corrected chi connectivity index (χ1v) is 4.68. The molecule has 0 spiro atoms. The van der Waals surface area contributed by atoms with Crippen LogP contribution < -0.4 is 5.32 Å². The first-order valence-electron chi connectivity index (χ1n) is 4.68. The van der Waals surface area contributed by atoms with E-state index in [-0.39, 0.29) is 5.91 Å². The molecule has 1 aromatic rings. The highest BCUT2D eigenvalue weighted by Gasteiger charge is 2.17. The Bertz CT molecular complexity index is 408. The van der Waals surface area contributed by atoms with Gasteiger partial charge in [-0.3, -0.25) is 4.79 Å². The lowest BCUT2D eigenvalue weighted by Gasteiger charge is -2.12. The number of hydrogen-bond donors (Lipinski definition) is 3. The molecule has 0 saturated carbocycles. The number of nitriles is 1. The summed E-state index contributed by atoms with van der Waals surface area (Å²) in [4.78, 5) is 11.2. The van der Waals surface area contributed by atoms with Crippen molar-refractivity contribution < 1.29 is 15.0 Å². The van der Waals surface area contributed by atoms with E-state index in [0.29, 0.717) is 11.1 Å². The summed E-state index contributed by atoms with van der Waals surface area (Å²) >= 11 is 0. The lowest BCUT2D eigenvalue weighted by atomic mass is 10.0. The summed E-state index contributed by atoms with van der Waals surface area (Å²) in [7, 11) is 1.52. The summed E-state index contributed by atoms with van der Waals surface area (Å²) in [6.45, 7) is 0. The predicted molar refractivity (Wildman–Crippen MR) is 56.4 cm³/mol. The highest BCUT2D eigenvalue weighted by molar-refractivity contribution is 5.93. The van der Waals surface area contributed by atoms with Crippen molar-refractivity contribution in [2.45, 2.75) is 12.2 Å². The Morgan fingerprint density at radius 2 is 1.94 bits per heavy atom. The maximum Gasteiger partial charge on any atom is 0.251 e. The highest BCUT2D eigenvalue weighted by atomic mass is 16.3. The molecule has 5 heteroatoms. The minimum absolute atomic E-state index is 0.234. The monoisotopic (exact) mass is 220 g/mol. The zero-order valence-electron chi connectivity index (χ0n) is 8.71. The molecule has 0 aliphatic heterocycles. The summed E-state index contributed by atoms with van der Waals surface area (Å²) in [5, 5.41) is 29.5. The molecule has 0 radical (unpaired) electrons. The zero-order valence-corrected chi connectivity index (χ0v) is 8.71. The van der Waals surface area contributed by atoms with Crippen molar-refractivity contribution in [1.29, 1.82) is 5.26 Å². The van der Waals surface area contributed by atoms with Gasteiger partial charge in [0.1, 0.15) is 6.10 Å². The fourth-order valence-corrected chi connectivity index (χ4v) is 1.23. The molecule has 0 heterocycles. The Morgan fingerprint density at radius 3 is 2.38 bits per heavy atom. The van der Waals surface area contributed by atoms with E-state index in [9.17, 15) is 9.90 Å². The predicted octanol–water partition coefficient (Wildman–Crippen LogP) is -0.0359. The Morgan fingerprint density at radius 1 is 1.38 bits per heavy atom. The van der Waals surface area contributed by atoms with Gasteiger partial charge < -0.3 is 15.5 Å². The van der Waals surface area contributed by atoms with E-state index in [2.05, 4.69) is 5.32 Å². The normalized spacial score (nSPS) is 13.6. The molecule has 0 saturated heterocycles. The van der Waals surface area contributed by atoms with Gasteiger partial charge in [-0.2, -0.15) is 5.26 Å². The Labute approximate surface area is 92.9 Å². The molecule has 1 rings (SSSR count). The molecule has 5 nitrogen and oxygen atoms in total. The van der Waals surface area contributed by atoms with Crippen molar-refractivity contribution >= 4 is 5.91 Å². The quantitative estimate of drug-likeness (QED) is 0.623. The number of carbonyl (C=O) groups is 1. The third kappa shape index (κ3) is 2.57. The first kappa shape index (κ1) is 12.2. The minimum Gasteiger partial charge on any atom is -0.385 e. The van der Waals surface area contributed by atoms with Crippen LogP contribution in [0.4, 0.5) is 0 Å². The smallest absolute Gasteiger partial charge is 0.251 e. The standard InChI is InChI=1S/C11H12N2O3/c1-13-11(16)8-4-2-7(3-5-8)10(15)9(14)6-12/h2-5,9-10,14-15H,1H3,(H,13,16). The number of benzene rings is 1. The molecule has 0 bridgehead atoms. The largest absolute Gasteiger partial charge is 0.385 e. The minimum atomic E-state index is -1.47. The molecule has 0 aliphatic carbocycles. The van der Waals surface area contributed by atoms with Gasteiger partial charge in [-0.15, -0.1) is 0 Å². The first-order chi connectivity index (χ1) is 7.60. The van der Waals surface area contributed by atoms with Crippen molar-refractivity contribution in [3.05, 3.63) is 35.4 Å². The van der Waals surface area contributed by atoms with E-state index in [1.54, 1.807) is 0 Å². The average Bonchev–Trinajstić information content (AvgIpc) is 2.36. The number of aliphatic hydroxyl groups excluding tert-OH is 2. The second-order valence-corrected chi connectivity index (χ2v) is 3.22. The summed E-state index contributed by atoms with van der Waals surface area (Å²) in [6, 6.07) is 7.56. The topological polar surface area (TPSA) is 93.3 Å². The number of carbonyl (C=O) groups excluding carboxylic acids is 1. The van der Waals surface area contributed by atoms with Gasteiger partial charge in [-0.25, -0.2) is 0 Å². The second-order valence-electron chi connectivity index (χ2n) is 3.22. The zero-order chi connectivity index (χ0) is 12.1. The lowest BCUT2D eigenvalue weighted by Crippen LogP contribution is -2.18. The van der Waals surface area contributed by atoms with Gasteiger partial charge in [0.25, 0.3) is 5.91 Å².